The number of pyridine rings is 4. The van der Waals surface area contributed by atoms with E-state index in [2.05, 4.69) is 92.7 Å². The van der Waals surface area contributed by atoms with Crippen molar-refractivity contribution in [1.29, 1.82) is 0 Å². The Morgan fingerprint density at radius 1 is 0.375 bits per heavy atom. The minimum absolute atomic E-state index is 0.998. The third-order valence-electron chi connectivity index (χ3n) is 7.47. The Kier molecular flexibility index (Phi) is 5.86. The van der Waals surface area contributed by atoms with E-state index in [1.54, 1.807) is 0 Å². The first kappa shape index (κ1) is 23.9. The summed E-state index contributed by atoms with van der Waals surface area (Å²) in [4.78, 5) is 18.3. The van der Waals surface area contributed by atoms with Gasteiger partial charge in [0.2, 0.25) is 0 Å². The van der Waals surface area contributed by atoms with Crippen molar-refractivity contribution in [2.24, 2.45) is 0 Å². The van der Waals surface area contributed by atoms with Gasteiger partial charge in [-0.3, -0.25) is 19.9 Å². The third kappa shape index (κ3) is 4.20. The molecule has 0 saturated carbocycles. The molecule has 0 unspecified atom stereocenters. The molecular formula is C36H26N4. The van der Waals surface area contributed by atoms with E-state index >= 15 is 0 Å². The average Bonchev–Trinajstić information content (AvgIpc) is 3.00. The maximum absolute atomic E-state index is 4.66. The second kappa shape index (κ2) is 9.83. The quantitative estimate of drug-likeness (QED) is 0.220. The fraction of sp³-hybridized carbons (Fsp3) is 0.0556. The molecule has 7 rings (SSSR count). The Labute approximate surface area is 233 Å². The second-order valence-electron chi connectivity index (χ2n) is 10.1. The lowest BCUT2D eigenvalue weighted by Crippen LogP contribution is -1.93. The molecule has 0 saturated heterocycles. The molecule has 0 aliphatic heterocycles. The zero-order valence-electron chi connectivity index (χ0n) is 22.3. The lowest BCUT2D eigenvalue weighted by molar-refractivity contribution is 1.20. The van der Waals surface area contributed by atoms with Gasteiger partial charge in [0.1, 0.15) is 0 Å². The lowest BCUT2D eigenvalue weighted by Gasteiger charge is -2.18. The molecule has 0 atom stereocenters. The first-order valence-corrected chi connectivity index (χ1v) is 13.4. The Bertz CT molecular complexity index is 1810. The van der Waals surface area contributed by atoms with Gasteiger partial charge in [0, 0.05) is 81.9 Å². The van der Waals surface area contributed by atoms with Crippen LogP contribution in [-0.4, -0.2) is 19.9 Å². The number of hydrogen-bond donors (Lipinski definition) is 0. The van der Waals surface area contributed by atoms with Crippen LogP contribution in [0.2, 0.25) is 0 Å². The molecule has 7 aromatic rings. The van der Waals surface area contributed by atoms with Crippen molar-refractivity contribution in [3.05, 3.63) is 133 Å². The molecule has 4 aromatic heterocycles. The fourth-order valence-corrected chi connectivity index (χ4v) is 5.50. The summed E-state index contributed by atoms with van der Waals surface area (Å²) in [6.07, 6.45) is 11.6. The largest absolute Gasteiger partial charge is 0.263 e. The van der Waals surface area contributed by atoms with Gasteiger partial charge in [0.25, 0.3) is 0 Å². The van der Waals surface area contributed by atoms with Gasteiger partial charge in [-0.15, -0.1) is 0 Å². The highest BCUT2D eigenvalue weighted by molar-refractivity contribution is 6.21. The van der Waals surface area contributed by atoms with Crippen molar-refractivity contribution in [2.75, 3.05) is 0 Å². The molecular weight excluding hydrogens is 488 g/mol. The van der Waals surface area contributed by atoms with E-state index in [-0.39, 0.29) is 0 Å². The van der Waals surface area contributed by atoms with Crippen LogP contribution in [0.3, 0.4) is 0 Å². The topological polar surface area (TPSA) is 51.6 Å². The summed E-state index contributed by atoms with van der Waals surface area (Å²) in [5.41, 5.74) is 10.7. The number of fused-ring (bicyclic) bond motifs is 2. The van der Waals surface area contributed by atoms with Gasteiger partial charge in [-0.25, -0.2) is 0 Å². The van der Waals surface area contributed by atoms with Crippen LogP contribution >= 0.6 is 0 Å². The van der Waals surface area contributed by atoms with E-state index in [0.717, 1.165) is 44.8 Å². The standard InChI is InChI=1S/C36H26N4/c1-23-11-13-25(21-39-23)27-15-29(19-37-17-27)35-31-7-3-5-9-33(31)36(34-10-6-4-8-32(34)35)30-16-28(18-38-20-30)26-14-12-24(2)40-22-26/h3-22H,1-2H3. The van der Waals surface area contributed by atoms with Crippen molar-refractivity contribution < 1.29 is 0 Å². The normalized spacial score (nSPS) is 11.2. The van der Waals surface area contributed by atoms with Crippen LogP contribution in [0, 0.1) is 13.8 Å². The highest BCUT2D eigenvalue weighted by atomic mass is 14.7. The average molecular weight is 515 g/mol. The maximum Gasteiger partial charge on any atom is 0.0373 e. The lowest BCUT2D eigenvalue weighted by atomic mass is 9.86. The molecule has 0 bridgehead atoms. The van der Waals surface area contributed by atoms with E-state index < -0.39 is 0 Å². The third-order valence-corrected chi connectivity index (χ3v) is 7.47. The molecule has 4 heteroatoms. The number of benzene rings is 3. The predicted octanol–water partition coefficient (Wildman–Crippen LogP) is 8.86. The Morgan fingerprint density at radius 3 is 1.10 bits per heavy atom. The Balaban J connectivity index is 1.48. The van der Waals surface area contributed by atoms with Crippen LogP contribution in [0.5, 0.6) is 0 Å². The molecule has 0 N–H and O–H groups in total. The maximum atomic E-state index is 4.66. The number of aromatic nitrogens is 4. The molecule has 0 amide bonds. The highest BCUT2D eigenvalue weighted by Crippen LogP contribution is 2.44. The van der Waals surface area contributed by atoms with E-state index in [1.807, 2.05) is 63.2 Å². The zero-order valence-corrected chi connectivity index (χ0v) is 22.3. The van der Waals surface area contributed by atoms with Crippen molar-refractivity contribution >= 4 is 21.5 Å². The SMILES string of the molecule is Cc1ccc(-c2cncc(-c3c4ccccc4c(-c4cncc(-c5ccc(C)nc5)c4)c4ccccc34)c2)cn1. The van der Waals surface area contributed by atoms with Crippen LogP contribution in [0.25, 0.3) is 66.1 Å². The monoisotopic (exact) mass is 514 g/mol. The van der Waals surface area contributed by atoms with Gasteiger partial charge < -0.3 is 0 Å². The first-order chi connectivity index (χ1) is 19.7. The summed E-state index contributed by atoms with van der Waals surface area (Å²) in [6.45, 7) is 4.00. The molecule has 4 nitrogen and oxygen atoms in total. The summed E-state index contributed by atoms with van der Waals surface area (Å²) in [6, 6.07) is 30.0. The van der Waals surface area contributed by atoms with Gasteiger partial charge in [0.05, 0.1) is 0 Å². The van der Waals surface area contributed by atoms with Gasteiger partial charge >= 0.3 is 0 Å². The molecule has 0 aliphatic carbocycles. The Hall–Kier alpha value is -5.22. The van der Waals surface area contributed by atoms with Gasteiger partial charge in [-0.05, 0) is 70.8 Å². The van der Waals surface area contributed by atoms with Crippen molar-refractivity contribution in [3.63, 3.8) is 0 Å². The predicted molar refractivity (Wildman–Crippen MR) is 164 cm³/mol. The number of nitrogens with zero attached hydrogens (tertiary/aromatic N) is 4. The zero-order chi connectivity index (χ0) is 27.1. The van der Waals surface area contributed by atoms with Gasteiger partial charge in [0.15, 0.2) is 0 Å². The van der Waals surface area contributed by atoms with Gasteiger partial charge in [-0.1, -0.05) is 60.7 Å². The van der Waals surface area contributed by atoms with Crippen LogP contribution in [-0.2, 0) is 0 Å². The first-order valence-electron chi connectivity index (χ1n) is 13.4. The molecule has 0 fully saturated rings. The molecule has 4 heterocycles. The fourth-order valence-electron chi connectivity index (χ4n) is 5.50. The van der Waals surface area contributed by atoms with Crippen LogP contribution in [0.15, 0.2) is 122 Å². The van der Waals surface area contributed by atoms with Gasteiger partial charge in [-0.2, -0.15) is 0 Å². The Morgan fingerprint density at radius 2 is 0.750 bits per heavy atom. The summed E-state index contributed by atoms with van der Waals surface area (Å²) < 4.78 is 0. The highest BCUT2D eigenvalue weighted by Gasteiger charge is 2.17. The number of aryl methyl sites for hydroxylation is 2. The van der Waals surface area contributed by atoms with Crippen LogP contribution in [0.4, 0.5) is 0 Å². The minimum atomic E-state index is 0.998. The van der Waals surface area contributed by atoms with E-state index in [4.69, 9.17) is 0 Å². The van der Waals surface area contributed by atoms with E-state index in [1.165, 1.54) is 32.7 Å². The number of hydrogen-bond acceptors (Lipinski definition) is 4. The summed E-state index contributed by atoms with van der Waals surface area (Å²) in [5.74, 6) is 0. The molecule has 190 valence electrons. The summed E-state index contributed by atoms with van der Waals surface area (Å²) in [7, 11) is 0. The molecule has 0 radical (unpaired) electrons. The van der Waals surface area contributed by atoms with Crippen LogP contribution in [0.1, 0.15) is 11.4 Å². The second-order valence-corrected chi connectivity index (χ2v) is 10.1. The van der Waals surface area contributed by atoms with Crippen LogP contribution < -0.4 is 0 Å². The molecule has 40 heavy (non-hydrogen) atoms. The van der Waals surface area contributed by atoms with Crippen molar-refractivity contribution in [1.82, 2.24) is 19.9 Å². The molecule has 0 spiro atoms. The van der Waals surface area contributed by atoms with Crippen molar-refractivity contribution in [3.8, 4) is 44.5 Å². The smallest absolute Gasteiger partial charge is 0.0373 e. The summed E-state index contributed by atoms with van der Waals surface area (Å²) in [5, 5.41) is 4.72. The minimum Gasteiger partial charge on any atom is -0.263 e. The molecule has 0 aliphatic rings. The number of rotatable bonds is 4. The summed E-state index contributed by atoms with van der Waals surface area (Å²) >= 11 is 0. The molecule has 3 aromatic carbocycles. The van der Waals surface area contributed by atoms with E-state index in [0.29, 0.717) is 0 Å². The van der Waals surface area contributed by atoms with Crippen molar-refractivity contribution in [2.45, 2.75) is 13.8 Å². The van der Waals surface area contributed by atoms with E-state index in [9.17, 15) is 0 Å².